The molecule has 2 atom stereocenters. The van der Waals surface area contributed by atoms with Gasteiger partial charge in [0.25, 0.3) is 5.91 Å². The summed E-state index contributed by atoms with van der Waals surface area (Å²) in [6.45, 7) is 0. The second-order valence-electron chi connectivity index (χ2n) is 4.98. The Morgan fingerprint density at radius 3 is 2.71 bits per heavy atom. The SMILES string of the molecule is COC(=O)NC1C(=O)N(c2ccc(OC)cc2OC)C2=CSSC21. The number of nitrogens with one attached hydrogen (secondary N) is 1. The molecular formula is C15H16N2O5S2. The lowest BCUT2D eigenvalue weighted by molar-refractivity contribution is -0.118. The first kappa shape index (κ1) is 16.8. The van der Waals surface area contributed by atoms with E-state index in [1.54, 1.807) is 30.2 Å². The first-order valence-corrected chi connectivity index (χ1v) is 9.31. The van der Waals surface area contributed by atoms with E-state index in [0.717, 1.165) is 5.70 Å². The molecule has 0 aliphatic carbocycles. The van der Waals surface area contributed by atoms with E-state index in [4.69, 9.17) is 9.47 Å². The molecule has 0 radical (unpaired) electrons. The van der Waals surface area contributed by atoms with Crippen LogP contribution in [0.15, 0.2) is 29.3 Å². The second-order valence-corrected chi connectivity index (χ2v) is 7.26. The number of ether oxygens (including phenoxy) is 3. The van der Waals surface area contributed by atoms with Gasteiger partial charge in [-0.3, -0.25) is 9.69 Å². The summed E-state index contributed by atoms with van der Waals surface area (Å²) in [5.41, 5.74) is 1.43. The van der Waals surface area contributed by atoms with E-state index >= 15 is 0 Å². The van der Waals surface area contributed by atoms with Gasteiger partial charge in [0.05, 0.1) is 32.3 Å². The third-order valence-corrected chi connectivity index (χ3v) is 6.17. The van der Waals surface area contributed by atoms with Crippen molar-refractivity contribution in [1.29, 1.82) is 0 Å². The summed E-state index contributed by atoms with van der Waals surface area (Å²) in [5, 5.41) is 4.36. The molecule has 7 nitrogen and oxygen atoms in total. The maximum Gasteiger partial charge on any atom is 0.407 e. The van der Waals surface area contributed by atoms with Gasteiger partial charge in [-0.05, 0) is 12.1 Å². The molecule has 3 rings (SSSR count). The van der Waals surface area contributed by atoms with Crippen LogP contribution >= 0.6 is 21.6 Å². The number of methoxy groups -OCH3 is 3. The molecule has 2 unspecified atom stereocenters. The first-order valence-electron chi connectivity index (χ1n) is 7.03. The van der Waals surface area contributed by atoms with Gasteiger partial charge in [0.1, 0.15) is 17.5 Å². The molecular weight excluding hydrogens is 352 g/mol. The van der Waals surface area contributed by atoms with E-state index < -0.39 is 12.1 Å². The summed E-state index contributed by atoms with van der Waals surface area (Å²) in [5.74, 6) is 0.920. The first-order chi connectivity index (χ1) is 11.6. The van der Waals surface area contributed by atoms with Crippen molar-refractivity contribution in [3.05, 3.63) is 29.3 Å². The molecule has 0 spiro atoms. The van der Waals surface area contributed by atoms with Crippen LogP contribution < -0.4 is 19.7 Å². The Morgan fingerprint density at radius 2 is 2.04 bits per heavy atom. The molecule has 1 aromatic rings. The third-order valence-electron chi connectivity index (χ3n) is 3.75. The van der Waals surface area contributed by atoms with Crippen LogP contribution in [0.1, 0.15) is 0 Å². The normalized spacial score (nSPS) is 22.0. The Bertz CT molecular complexity index is 709. The average molecular weight is 368 g/mol. The summed E-state index contributed by atoms with van der Waals surface area (Å²) < 4.78 is 15.2. The van der Waals surface area contributed by atoms with Crippen molar-refractivity contribution in [3.8, 4) is 11.5 Å². The molecule has 2 amide bonds. The molecule has 2 aliphatic rings. The number of alkyl carbamates (subject to hydrolysis) is 1. The predicted octanol–water partition coefficient (Wildman–Crippen LogP) is 2.38. The van der Waals surface area contributed by atoms with E-state index in [1.165, 1.54) is 35.8 Å². The van der Waals surface area contributed by atoms with Gasteiger partial charge in [-0.25, -0.2) is 4.79 Å². The Balaban J connectivity index is 1.99. The maximum atomic E-state index is 12.9. The highest BCUT2D eigenvalue weighted by Gasteiger charge is 2.49. The Morgan fingerprint density at radius 1 is 1.25 bits per heavy atom. The number of rotatable bonds is 4. The largest absolute Gasteiger partial charge is 0.497 e. The molecule has 1 saturated heterocycles. The van der Waals surface area contributed by atoms with Crippen molar-refractivity contribution < 1.29 is 23.8 Å². The van der Waals surface area contributed by atoms with Gasteiger partial charge in [0.2, 0.25) is 0 Å². The van der Waals surface area contributed by atoms with Gasteiger partial charge in [0.15, 0.2) is 0 Å². The zero-order chi connectivity index (χ0) is 17.3. The van der Waals surface area contributed by atoms with Crippen LogP contribution in [-0.4, -0.2) is 44.6 Å². The fourth-order valence-corrected chi connectivity index (χ4v) is 5.24. The van der Waals surface area contributed by atoms with Crippen molar-refractivity contribution in [2.24, 2.45) is 0 Å². The number of nitrogens with zero attached hydrogens (tertiary/aromatic N) is 1. The molecule has 1 N–H and O–H groups in total. The number of anilines is 1. The smallest absolute Gasteiger partial charge is 0.407 e. The Hall–Kier alpha value is -2.00. The minimum atomic E-state index is -0.685. The standard InChI is InChI=1S/C15H16N2O5S2/c1-20-8-4-5-9(11(6-8)21-2)17-10-7-23-24-13(10)12(14(17)18)16-15(19)22-3/h4-7,12-13H,1-3H3,(H,16,19). The summed E-state index contributed by atoms with van der Waals surface area (Å²) in [6.07, 6.45) is -0.631. The molecule has 1 fully saturated rings. The number of carbonyl (C=O) groups is 2. The number of fused-ring (bicyclic) bond motifs is 1. The Labute approximate surface area is 147 Å². The van der Waals surface area contributed by atoms with Crippen molar-refractivity contribution in [2.45, 2.75) is 11.3 Å². The third kappa shape index (κ3) is 2.78. The van der Waals surface area contributed by atoms with E-state index in [2.05, 4.69) is 10.1 Å². The quantitative estimate of drug-likeness (QED) is 0.818. The monoisotopic (exact) mass is 368 g/mol. The van der Waals surface area contributed by atoms with Crippen LogP contribution in [-0.2, 0) is 9.53 Å². The Kier molecular flexibility index (Phi) is 4.81. The topological polar surface area (TPSA) is 77.1 Å². The highest BCUT2D eigenvalue weighted by atomic mass is 33.1. The minimum Gasteiger partial charge on any atom is -0.497 e. The van der Waals surface area contributed by atoms with Crippen LogP contribution in [0.2, 0.25) is 0 Å². The number of amides is 2. The molecule has 24 heavy (non-hydrogen) atoms. The van der Waals surface area contributed by atoms with Crippen LogP contribution in [0.4, 0.5) is 10.5 Å². The summed E-state index contributed by atoms with van der Waals surface area (Å²) in [6, 6.07) is 4.56. The maximum absolute atomic E-state index is 12.9. The van der Waals surface area contributed by atoms with Crippen molar-refractivity contribution >= 4 is 39.3 Å². The summed E-state index contributed by atoms with van der Waals surface area (Å²) in [7, 11) is 7.42. The highest BCUT2D eigenvalue weighted by Crippen LogP contribution is 2.50. The highest BCUT2D eigenvalue weighted by molar-refractivity contribution is 8.78. The zero-order valence-electron chi connectivity index (χ0n) is 13.3. The fourth-order valence-electron chi connectivity index (χ4n) is 2.61. The molecule has 1 aromatic carbocycles. The lowest BCUT2D eigenvalue weighted by Gasteiger charge is -2.21. The lowest BCUT2D eigenvalue weighted by Crippen LogP contribution is -2.44. The van der Waals surface area contributed by atoms with Gasteiger partial charge >= 0.3 is 6.09 Å². The van der Waals surface area contributed by atoms with Crippen molar-refractivity contribution in [3.63, 3.8) is 0 Å². The van der Waals surface area contributed by atoms with E-state index in [1.807, 2.05) is 5.41 Å². The predicted molar refractivity (Wildman–Crippen MR) is 93.4 cm³/mol. The van der Waals surface area contributed by atoms with Gasteiger partial charge in [0, 0.05) is 17.2 Å². The van der Waals surface area contributed by atoms with E-state index in [9.17, 15) is 9.59 Å². The molecule has 9 heteroatoms. The van der Waals surface area contributed by atoms with Gasteiger partial charge in [-0.1, -0.05) is 21.6 Å². The molecule has 128 valence electrons. The summed E-state index contributed by atoms with van der Waals surface area (Å²) in [4.78, 5) is 26.0. The van der Waals surface area contributed by atoms with Crippen LogP contribution in [0.25, 0.3) is 0 Å². The molecule has 0 saturated carbocycles. The molecule has 0 aromatic heterocycles. The van der Waals surface area contributed by atoms with Crippen molar-refractivity contribution in [1.82, 2.24) is 5.32 Å². The van der Waals surface area contributed by atoms with Crippen LogP contribution in [0.3, 0.4) is 0 Å². The number of benzene rings is 1. The van der Waals surface area contributed by atoms with Crippen LogP contribution in [0.5, 0.6) is 11.5 Å². The van der Waals surface area contributed by atoms with Crippen molar-refractivity contribution in [2.75, 3.05) is 26.2 Å². The molecule has 2 heterocycles. The van der Waals surface area contributed by atoms with Gasteiger partial charge in [-0.15, -0.1) is 0 Å². The van der Waals surface area contributed by atoms with Gasteiger partial charge < -0.3 is 19.5 Å². The van der Waals surface area contributed by atoms with Gasteiger partial charge in [-0.2, -0.15) is 0 Å². The zero-order valence-corrected chi connectivity index (χ0v) is 14.9. The number of hydrogen-bond donors (Lipinski definition) is 1. The second kappa shape index (κ2) is 6.86. The number of carbonyl (C=O) groups excluding carboxylic acids is 2. The average Bonchev–Trinajstić information content (AvgIpc) is 3.16. The van der Waals surface area contributed by atoms with E-state index in [0.29, 0.717) is 17.2 Å². The summed E-state index contributed by atoms with van der Waals surface area (Å²) >= 11 is 0. The lowest BCUT2D eigenvalue weighted by atomic mass is 10.2. The minimum absolute atomic E-state index is 0.173. The number of hydrogen-bond acceptors (Lipinski definition) is 7. The van der Waals surface area contributed by atoms with Crippen LogP contribution in [0, 0.1) is 0 Å². The van der Waals surface area contributed by atoms with E-state index in [-0.39, 0.29) is 11.2 Å². The molecule has 0 bridgehead atoms. The molecule has 2 aliphatic heterocycles. The fraction of sp³-hybridized carbons (Fsp3) is 0.333.